The molecule has 2 N–H and O–H groups in total. The molecule has 0 heterocycles. The lowest BCUT2D eigenvalue weighted by molar-refractivity contribution is 0.0795. The normalized spacial score (nSPS) is 27.7. The van der Waals surface area contributed by atoms with Gasteiger partial charge in [-0.05, 0) is 32.9 Å². The topological polar surface area (TPSA) is 48.9 Å². The highest BCUT2D eigenvalue weighted by Gasteiger charge is 2.36. The first kappa shape index (κ1) is 17.2. The Hall–Kier alpha value is -0.810. The maximum Gasteiger partial charge on any atom is 0.191 e. The van der Waals surface area contributed by atoms with Crippen LogP contribution in [0.3, 0.4) is 0 Å². The van der Waals surface area contributed by atoms with Crippen LogP contribution in [0.5, 0.6) is 0 Å². The first-order valence-electron chi connectivity index (χ1n) is 7.65. The smallest absolute Gasteiger partial charge is 0.191 e. The number of likely N-dealkylation sites (N-methyl/N-ethyl adjacent to an activating group) is 1. The average Bonchev–Trinajstić information content (AvgIpc) is 2.42. The highest BCUT2D eigenvalue weighted by atomic mass is 16.5. The molecule has 118 valence electrons. The summed E-state index contributed by atoms with van der Waals surface area (Å²) in [6, 6.07) is 0. The molecule has 0 saturated heterocycles. The molecule has 1 fully saturated rings. The minimum atomic E-state index is 0.247. The van der Waals surface area contributed by atoms with E-state index in [1.807, 2.05) is 7.05 Å². The number of aliphatic imine (C=N–C) groups is 1. The third-order valence-corrected chi connectivity index (χ3v) is 4.42. The van der Waals surface area contributed by atoms with Crippen LogP contribution < -0.4 is 10.6 Å². The van der Waals surface area contributed by atoms with Gasteiger partial charge in [-0.1, -0.05) is 19.8 Å². The van der Waals surface area contributed by atoms with Crippen LogP contribution in [-0.2, 0) is 4.74 Å². The van der Waals surface area contributed by atoms with Gasteiger partial charge in [0.05, 0.1) is 6.61 Å². The van der Waals surface area contributed by atoms with Crippen LogP contribution in [0, 0.1) is 5.92 Å². The fourth-order valence-electron chi connectivity index (χ4n) is 3.10. The van der Waals surface area contributed by atoms with Crippen molar-refractivity contribution < 1.29 is 4.74 Å². The monoisotopic (exact) mass is 284 g/mol. The van der Waals surface area contributed by atoms with Crippen molar-refractivity contribution in [3.63, 3.8) is 0 Å². The number of hydrogen-bond acceptors (Lipinski definition) is 3. The quantitative estimate of drug-likeness (QED) is 0.439. The third-order valence-electron chi connectivity index (χ3n) is 4.42. The van der Waals surface area contributed by atoms with E-state index >= 15 is 0 Å². The fourth-order valence-corrected chi connectivity index (χ4v) is 3.10. The summed E-state index contributed by atoms with van der Waals surface area (Å²) in [6.07, 6.45) is 5.18. The first-order chi connectivity index (χ1) is 9.54. The Labute approximate surface area is 124 Å². The summed E-state index contributed by atoms with van der Waals surface area (Å²) in [5.41, 5.74) is 0.247. The van der Waals surface area contributed by atoms with E-state index in [1.54, 1.807) is 7.11 Å². The maximum atomic E-state index is 5.05. The minimum absolute atomic E-state index is 0.247. The predicted molar refractivity (Wildman–Crippen MR) is 85.3 cm³/mol. The van der Waals surface area contributed by atoms with Crippen molar-refractivity contribution in [2.45, 2.75) is 38.1 Å². The molecule has 0 aromatic rings. The summed E-state index contributed by atoms with van der Waals surface area (Å²) in [6.45, 7) is 4.78. The molecule has 1 saturated carbocycles. The molecule has 1 rings (SSSR count). The second-order valence-electron chi connectivity index (χ2n) is 6.17. The number of nitrogens with one attached hydrogen (secondary N) is 2. The zero-order valence-electron chi connectivity index (χ0n) is 13.8. The van der Waals surface area contributed by atoms with Crippen LogP contribution in [0.15, 0.2) is 4.99 Å². The van der Waals surface area contributed by atoms with Gasteiger partial charge in [-0.3, -0.25) is 4.99 Å². The summed E-state index contributed by atoms with van der Waals surface area (Å²) in [5, 5.41) is 6.76. The van der Waals surface area contributed by atoms with Crippen molar-refractivity contribution in [1.29, 1.82) is 0 Å². The van der Waals surface area contributed by atoms with Crippen molar-refractivity contribution in [2.75, 3.05) is 47.9 Å². The molecule has 2 atom stereocenters. The molecule has 1 aliphatic carbocycles. The van der Waals surface area contributed by atoms with Crippen LogP contribution >= 0.6 is 0 Å². The summed E-state index contributed by atoms with van der Waals surface area (Å²) in [4.78, 5) is 6.66. The minimum Gasteiger partial charge on any atom is -0.383 e. The van der Waals surface area contributed by atoms with Gasteiger partial charge < -0.3 is 20.3 Å². The molecule has 0 aliphatic heterocycles. The van der Waals surface area contributed by atoms with Crippen molar-refractivity contribution in [3.8, 4) is 0 Å². The summed E-state index contributed by atoms with van der Waals surface area (Å²) < 4.78 is 5.05. The zero-order chi connectivity index (χ0) is 15.0. The van der Waals surface area contributed by atoms with Gasteiger partial charge in [0.25, 0.3) is 0 Å². The third kappa shape index (κ3) is 4.94. The molecule has 0 bridgehead atoms. The molecule has 0 spiro atoms. The van der Waals surface area contributed by atoms with Crippen LogP contribution in [0.4, 0.5) is 0 Å². The second kappa shape index (κ2) is 8.47. The van der Waals surface area contributed by atoms with E-state index in [-0.39, 0.29) is 5.54 Å². The fraction of sp³-hybridized carbons (Fsp3) is 0.933. The lowest BCUT2D eigenvalue weighted by atomic mass is 9.75. The Morgan fingerprint density at radius 1 is 1.40 bits per heavy atom. The lowest BCUT2D eigenvalue weighted by Gasteiger charge is -2.45. The van der Waals surface area contributed by atoms with E-state index in [1.165, 1.54) is 25.7 Å². The van der Waals surface area contributed by atoms with E-state index in [2.05, 4.69) is 41.5 Å². The van der Waals surface area contributed by atoms with E-state index in [0.717, 1.165) is 25.0 Å². The Balaban J connectivity index is 2.53. The molecule has 5 heteroatoms. The van der Waals surface area contributed by atoms with Crippen LogP contribution in [0.2, 0.25) is 0 Å². The van der Waals surface area contributed by atoms with Crippen molar-refractivity contribution >= 4 is 5.96 Å². The molecular formula is C15H32N4O. The molecule has 1 aliphatic rings. The number of nitrogens with zero attached hydrogens (tertiary/aromatic N) is 2. The van der Waals surface area contributed by atoms with Gasteiger partial charge in [0.2, 0.25) is 0 Å². The Morgan fingerprint density at radius 2 is 2.15 bits per heavy atom. The molecule has 0 aromatic heterocycles. The number of rotatable bonds is 6. The molecule has 0 amide bonds. The summed E-state index contributed by atoms with van der Waals surface area (Å²) in [7, 11) is 7.91. The van der Waals surface area contributed by atoms with Gasteiger partial charge in [0, 0.05) is 32.8 Å². The molecule has 2 unspecified atom stereocenters. The van der Waals surface area contributed by atoms with Crippen LogP contribution in [0.1, 0.15) is 32.6 Å². The van der Waals surface area contributed by atoms with Crippen LogP contribution in [-0.4, -0.2) is 64.3 Å². The van der Waals surface area contributed by atoms with Gasteiger partial charge in [-0.25, -0.2) is 0 Å². The van der Waals surface area contributed by atoms with E-state index in [9.17, 15) is 0 Å². The number of hydrogen-bond donors (Lipinski definition) is 2. The Kier molecular flexibility index (Phi) is 7.30. The standard InChI is InChI=1S/C15H32N4O/c1-13-7-6-8-15(11-13,19(3)4)12-18-14(16-2)17-9-10-20-5/h13H,6-12H2,1-5H3,(H2,16,17,18). The molecule has 0 aromatic carbocycles. The number of methoxy groups -OCH3 is 1. The maximum absolute atomic E-state index is 5.05. The predicted octanol–water partition coefficient (Wildman–Crippen LogP) is 1.31. The van der Waals surface area contributed by atoms with Crippen molar-refractivity contribution in [1.82, 2.24) is 15.5 Å². The first-order valence-corrected chi connectivity index (χ1v) is 7.65. The number of ether oxygens (including phenoxy) is 1. The van der Waals surface area contributed by atoms with Crippen molar-refractivity contribution in [3.05, 3.63) is 0 Å². The Bertz CT molecular complexity index is 306. The van der Waals surface area contributed by atoms with Gasteiger partial charge in [0.15, 0.2) is 5.96 Å². The molecular weight excluding hydrogens is 252 g/mol. The largest absolute Gasteiger partial charge is 0.383 e. The van der Waals surface area contributed by atoms with Gasteiger partial charge in [-0.2, -0.15) is 0 Å². The summed E-state index contributed by atoms with van der Waals surface area (Å²) >= 11 is 0. The molecule has 5 nitrogen and oxygen atoms in total. The van der Waals surface area contributed by atoms with E-state index in [4.69, 9.17) is 4.74 Å². The van der Waals surface area contributed by atoms with Gasteiger partial charge in [0.1, 0.15) is 0 Å². The SMILES string of the molecule is CN=C(NCCOC)NCC1(N(C)C)CCCC(C)C1. The van der Waals surface area contributed by atoms with Crippen LogP contribution in [0.25, 0.3) is 0 Å². The zero-order valence-corrected chi connectivity index (χ0v) is 13.8. The van der Waals surface area contributed by atoms with Gasteiger partial charge >= 0.3 is 0 Å². The molecule has 20 heavy (non-hydrogen) atoms. The highest BCUT2D eigenvalue weighted by molar-refractivity contribution is 5.79. The van der Waals surface area contributed by atoms with E-state index in [0.29, 0.717) is 6.61 Å². The molecule has 0 radical (unpaired) electrons. The highest BCUT2D eigenvalue weighted by Crippen LogP contribution is 2.35. The average molecular weight is 284 g/mol. The Morgan fingerprint density at radius 3 is 2.70 bits per heavy atom. The number of guanidine groups is 1. The second-order valence-corrected chi connectivity index (χ2v) is 6.17. The van der Waals surface area contributed by atoms with Crippen molar-refractivity contribution in [2.24, 2.45) is 10.9 Å². The van der Waals surface area contributed by atoms with Gasteiger partial charge in [-0.15, -0.1) is 0 Å². The van der Waals surface area contributed by atoms with E-state index < -0.39 is 0 Å². The lowest BCUT2D eigenvalue weighted by Crippen LogP contribution is -2.56. The summed E-state index contributed by atoms with van der Waals surface area (Å²) in [5.74, 6) is 1.66.